The SMILES string of the molecule is CC(C)Cc1cccc(-c2cc(=O)[nH]c(C(C)(C)C)n2)c1. The maximum atomic E-state index is 11.9. The van der Waals surface area contributed by atoms with E-state index < -0.39 is 0 Å². The molecule has 0 aliphatic rings. The Morgan fingerprint density at radius 3 is 2.52 bits per heavy atom. The number of benzene rings is 1. The second-order valence-electron chi connectivity index (χ2n) is 7.03. The number of aromatic nitrogens is 2. The molecule has 0 saturated carbocycles. The fraction of sp³-hybridized carbons (Fsp3) is 0.444. The quantitative estimate of drug-likeness (QED) is 0.928. The maximum absolute atomic E-state index is 11.9. The average Bonchev–Trinajstić information content (AvgIpc) is 2.36. The summed E-state index contributed by atoms with van der Waals surface area (Å²) in [7, 11) is 0. The molecule has 2 aromatic rings. The minimum absolute atomic E-state index is 0.0980. The van der Waals surface area contributed by atoms with Crippen LogP contribution in [-0.4, -0.2) is 9.97 Å². The van der Waals surface area contributed by atoms with E-state index in [4.69, 9.17) is 0 Å². The lowest BCUT2D eigenvalue weighted by Crippen LogP contribution is -2.21. The van der Waals surface area contributed by atoms with Gasteiger partial charge < -0.3 is 4.98 Å². The van der Waals surface area contributed by atoms with Gasteiger partial charge in [0.15, 0.2) is 0 Å². The van der Waals surface area contributed by atoms with Crippen LogP contribution in [0, 0.1) is 5.92 Å². The summed E-state index contributed by atoms with van der Waals surface area (Å²) in [6.07, 6.45) is 1.03. The van der Waals surface area contributed by atoms with Crippen LogP contribution in [0.5, 0.6) is 0 Å². The minimum atomic E-state index is -0.176. The van der Waals surface area contributed by atoms with Crippen LogP contribution in [0.25, 0.3) is 11.3 Å². The van der Waals surface area contributed by atoms with Gasteiger partial charge >= 0.3 is 0 Å². The van der Waals surface area contributed by atoms with Crippen LogP contribution < -0.4 is 5.56 Å². The van der Waals surface area contributed by atoms with Crippen molar-refractivity contribution in [2.75, 3.05) is 0 Å². The lowest BCUT2D eigenvalue weighted by molar-refractivity contribution is 0.543. The van der Waals surface area contributed by atoms with Crippen LogP contribution in [0.4, 0.5) is 0 Å². The van der Waals surface area contributed by atoms with Crippen LogP contribution in [-0.2, 0) is 11.8 Å². The molecular formula is C18H24N2O. The molecule has 21 heavy (non-hydrogen) atoms. The van der Waals surface area contributed by atoms with Gasteiger partial charge in [0.1, 0.15) is 5.82 Å². The Morgan fingerprint density at radius 2 is 1.90 bits per heavy atom. The standard InChI is InChI=1S/C18H24N2O/c1-12(2)9-13-7-6-8-14(10-13)15-11-16(21)20-17(19-15)18(3,4)5/h6-8,10-12H,9H2,1-5H3,(H,19,20,21). The van der Waals surface area contributed by atoms with Gasteiger partial charge in [-0.2, -0.15) is 0 Å². The van der Waals surface area contributed by atoms with Gasteiger partial charge in [0, 0.05) is 17.0 Å². The topological polar surface area (TPSA) is 45.8 Å². The molecule has 0 aliphatic heterocycles. The van der Waals surface area contributed by atoms with Gasteiger partial charge in [-0.15, -0.1) is 0 Å². The Kier molecular flexibility index (Phi) is 4.31. The number of nitrogens with zero attached hydrogens (tertiary/aromatic N) is 1. The van der Waals surface area contributed by atoms with Crippen LogP contribution in [0.2, 0.25) is 0 Å². The molecular weight excluding hydrogens is 260 g/mol. The molecule has 1 aromatic carbocycles. The molecule has 0 saturated heterocycles. The lowest BCUT2D eigenvalue weighted by atomic mass is 9.95. The highest BCUT2D eigenvalue weighted by Crippen LogP contribution is 2.22. The number of rotatable bonds is 3. The van der Waals surface area contributed by atoms with E-state index in [9.17, 15) is 4.79 Å². The molecule has 0 atom stereocenters. The summed E-state index contributed by atoms with van der Waals surface area (Å²) in [6.45, 7) is 10.5. The van der Waals surface area contributed by atoms with Crippen LogP contribution >= 0.6 is 0 Å². The zero-order chi connectivity index (χ0) is 15.6. The maximum Gasteiger partial charge on any atom is 0.251 e. The van der Waals surface area contributed by atoms with Crippen molar-refractivity contribution < 1.29 is 0 Å². The van der Waals surface area contributed by atoms with Gasteiger partial charge in [-0.05, 0) is 24.0 Å². The first-order valence-electron chi connectivity index (χ1n) is 7.47. The van der Waals surface area contributed by atoms with Gasteiger partial charge in [0.25, 0.3) is 5.56 Å². The average molecular weight is 284 g/mol. The highest BCUT2D eigenvalue weighted by atomic mass is 16.1. The summed E-state index contributed by atoms with van der Waals surface area (Å²) >= 11 is 0. The predicted octanol–water partition coefficient (Wildman–Crippen LogP) is 3.93. The van der Waals surface area contributed by atoms with Gasteiger partial charge in [0.05, 0.1) is 5.69 Å². The molecule has 0 bridgehead atoms. The molecule has 3 heteroatoms. The van der Waals surface area contributed by atoms with Crippen molar-refractivity contribution >= 4 is 0 Å². The molecule has 0 amide bonds. The van der Waals surface area contributed by atoms with Gasteiger partial charge in [-0.3, -0.25) is 4.79 Å². The lowest BCUT2D eigenvalue weighted by Gasteiger charge is -2.17. The minimum Gasteiger partial charge on any atom is -0.310 e. The zero-order valence-electron chi connectivity index (χ0n) is 13.5. The summed E-state index contributed by atoms with van der Waals surface area (Å²) in [5, 5.41) is 0. The third kappa shape index (κ3) is 4.03. The highest BCUT2D eigenvalue weighted by Gasteiger charge is 2.18. The Labute approximate surface area is 126 Å². The fourth-order valence-corrected chi connectivity index (χ4v) is 2.29. The molecule has 0 fully saturated rings. The molecule has 0 radical (unpaired) electrons. The van der Waals surface area contributed by atoms with Crippen molar-refractivity contribution in [1.82, 2.24) is 9.97 Å². The summed E-state index contributed by atoms with van der Waals surface area (Å²) in [6, 6.07) is 9.88. The van der Waals surface area contributed by atoms with Crippen LogP contribution in [0.3, 0.4) is 0 Å². The van der Waals surface area contributed by atoms with E-state index in [1.165, 1.54) is 5.56 Å². The first kappa shape index (κ1) is 15.5. The molecule has 0 aliphatic carbocycles. The molecule has 112 valence electrons. The Hall–Kier alpha value is -1.90. The Bertz CT molecular complexity index is 678. The summed E-state index contributed by atoms with van der Waals surface area (Å²) in [5.41, 5.74) is 2.75. The first-order valence-corrected chi connectivity index (χ1v) is 7.47. The zero-order valence-corrected chi connectivity index (χ0v) is 13.5. The van der Waals surface area contributed by atoms with Crippen LogP contribution in [0.1, 0.15) is 46.0 Å². The molecule has 0 spiro atoms. The number of hydrogen-bond acceptors (Lipinski definition) is 2. The number of hydrogen-bond donors (Lipinski definition) is 1. The summed E-state index contributed by atoms with van der Waals surface area (Å²) in [5.74, 6) is 1.33. The highest BCUT2D eigenvalue weighted by molar-refractivity contribution is 5.59. The van der Waals surface area contributed by atoms with Crippen molar-refractivity contribution in [3.63, 3.8) is 0 Å². The predicted molar refractivity (Wildman–Crippen MR) is 87.5 cm³/mol. The summed E-state index contributed by atoms with van der Waals surface area (Å²) in [4.78, 5) is 19.4. The monoisotopic (exact) mass is 284 g/mol. The van der Waals surface area contributed by atoms with Crippen molar-refractivity contribution in [3.05, 3.63) is 52.1 Å². The molecule has 0 unspecified atom stereocenters. The Balaban J connectivity index is 2.47. The van der Waals surface area contributed by atoms with E-state index in [0.29, 0.717) is 5.92 Å². The van der Waals surface area contributed by atoms with E-state index in [2.05, 4.69) is 35.9 Å². The number of aromatic amines is 1. The fourth-order valence-electron chi connectivity index (χ4n) is 2.29. The van der Waals surface area contributed by atoms with E-state index in [-0.39, 0.29) is 11.0 Å². The first-order chi connectivity index (χ1) is 9.75. The van der Waals surface area contributed by atoms with E-state index in [0.717, 1.165) is 23.5 Å². The molecule has 2 rings (SSSR count). The van der Waals surface area contributed by atoms with Crippen molar-refractivity contribution in [3.8, 4) is 11.3 Å². The second-order valence-corrected chi connectivity index (χ2v) is 7.03. The van der Waals surface area contributed by atoms with Crippen molar-refractivity contribution in [2.24, 2.45) is 5.92 Å². The van der Waals surface area contributed by atoms with Gasteiger partial charge in [-0.1, -0.05) is 52.8 Å². The number of H-pyrrole nitrogens is 1. The normalized spacial score (nSPS) is 11.9. The third-order valence-corrected chi connectivity index (χ3v) is 3.32. The molecule has 1 heterocycles. The molecule has 3 nitrogen and oxygen atoms in total. The van der Waals surface area contributed by atoms with E-state index in [1.807, 2.05) is 32.9 Å². The largest absolute Gasteiger partial charge is 0.310 e. The van der Waals surface area contributed by atoms with Crippen molar-refractivity contribution in [1.29, 1.82) is 0 Å². The van der Waals surface area contributed by atoms with E-state index in [1.54, 1.807) is 6.07 Å². The van der Waals surface area contributed by atoms with Gasteiger partial charge in [-0.25, -0.2) is 4.98 Å². The van der Waals surface area contributed by atoms with Crippen molar-refractivity contribution in [2.45, 2.75) is 46.5 Å². The number of nitrogens with one attached hydrogen (secondary N) is 1. The Morgan fingerprint density at radius 1 is 1.19 bits per heavy atom. The third-order valence-electron chi connectivity index (χ3n) is 3.32. The summed E-state index contributed by atoms with van der Waals surface area (Å²) < 4.78 is 0. The smallest absolute Gasteiger partial charge is 0.251 e. The molecule has 1 aromatic heterocycles. The molecule has 1 N–H and O–H groups in total. The van der Waals surface area contributed by atoms with Crippen LogP contribution in [0.15, 0.2) is 35.1 Å². The van der Waals surface area contributed by atoms with Gasteiger partial charge in [0.2, 0.25) is 0 Å². The second kappa shape index (κ2) is 5.84. The van der Waals surface area contributed by atoms with E-state index >= 15 is 0 Å².